The highest BCUT2D eigenvalue weighted by atomic mass is 35.5. The van der Waals surface area contributed by atoms with Gasteiger partial charge in [0.05, 0.1) is 6.54 Å². The van der Waals surface area contributed by atoms with Crippen LogP contribution >= 0.6 is 11.6 Å². The average Bonchev–Trinajstić information content (AvgIpc) is 2.37. The van der Waals surface area contributed by atoms with Gasteiger partial charge in [-0.15, -0.1) is 11.6 Å². The number of alkyl halides is 1. The zero-order chi connectivity index (χ0) is 13.7. The van der Waals surface area contributed by atoms with Crippen LogP contribution in [0.1, 0.15) is 39.0 Å². The normalized spacial score (nSPS) is 18.2. The van der Waals surface area contributed by atoms with E-state index in [1.54, 1.807) is 18.9 Å². The maximum atomic E-state index is 12.1. The molecule has 4 nitrogen and oxygen atoms in total. The molecular formula is C13H23ClN2O2. The van der Waals surface area contributed by atoms with Crippen molar-refractivity contribution in [3.63, 3.8) is 0 Å². The van der Waals surface area contributed by atoms with Gasteiger partial charge in [0, 0.05) is 20.1 Å². The predicted octanol–water partition coefficient (Wildman–Crippen LogP) is 1.86. The third-order valence-electron chi connectivity index (χ3n) is 3.60. The van der Waals surface area contributed by atoms with Gasteiger partial charge in [0.2, 0.25) is 11.8 Å². The molecule has 0 saturated heterocycles. The number of carbonyl (C=O) groups is 2. The third kappa shape index (κ3) is 4.16. The van der Waals surface area contributed by atoms with Gasteiger partial charge in [-0.05, 0) is 19.8 Å². The molecule has 0 aromatic carbocycles. The van der Waals surface area contributed by atoms with Crippen molar-refractivity contribution in [3.8, 4) is 0 Å². The number of likely N-dealkylation sites (N-methyl/N-ethyl adjacent to an activating group) is 2. The highest BCUT2D eigenvalue weighted by molar-refractivity contribution is 6.30. The van der Waals surface area contributed by atoms with Gasteiger partial charge in [-0.25, -0.2) is 0 Å². The van der Waals surface area contributed by atoms with E-state index in [9.17, 15) is 9.59 Å². The van der Waals surface area contributed by atoms with Crippen molar-refractivity contribution in [1.82, 2.24) is 9.80 Å². The molecule has 5 heteroatoms. The zero-order valence-electron chi connectivity index (χ0n) is 11.5. The summed E-state index contributed by atoms with van der Waals surface area (Å²) in [5, 5.41) is -0.581. The lowest BCUT2D eigenvalue weighted by atomic mass is 9.94. The number of carbonyl (C=O) groups excluding carboxylic acids is 2. The van der Waals surface area contributed by atoms with Gasteiger partial charge < -0.3 is 9.80 Å². The lowest BCUT2D eigenvalue weighted by Gasteiger charge is -2.32. The van der Waals surface area contributed by atoms with Crippen LogP contribution in [0.25, 0.3) is 0 Å². The summed E-state index contributed by atoms with van der Waals surface area (Å²) < 4.78 is 0. The summed E-state index contributed by atoms with van der Waals surface area (Å²) in [6.45, 7) is 1.73. The molecule has 104 valence electrons. The molecule has 0 aromatic heterocycles. The lowest BCUT2D eigenvalue weighted by Crippen LogP contribution is -2.45. The smallest absolute Gasteiger partial charge is 0.242 e. The number of hydrogen-bond acceptors (Lipinski definition) is 2. The molecule has 2 amide bonds. The molecule has 1 atom stereocenters. The fourth-order valence-corrected chi connectivity index (χ4v) is 2.53. The number of rotatable bonds is 4. The van der Waals surface area contributed by atoms with E-state index in [1.165, 1.54) is 24.2 Å². The van der Waals surface area contributed by atoms with Gasteiger partial charge in [0.1, 0.15) is 5.38 Å². The molecule has 1 unspecified atom stereocenters. The Morgan fingerprint density at radius 1 is 1.22 bits per heavy atom. The van der Waals surface area contributed by atoms with Gasteiger partial charge in [0.15, 0.2) is 0 Å². The second kappa shape index (κ2) is 6.98. The number of amides is 2. The van der Waals surface area contributed by atoms with Crippen molar-refractivity contribution in [2.45, 2.75) is 50.4 Å². The van der Waals surface area contributed by atoms with Gasteiger partial charge in [-0.1, -0.05) is 19.3 Å². The Kier molecular flexibility index (Phi) is 5.93. The van der Waals surface area contributed by atoms with Crippen LogP contribution in [-0.4, -0.2) is 53.7 Å². The number of hydrogen-bond donors (Lipinski definition) is 0. The SMILES string of the molecule is CC(Cl)C(=O)N(C)CC(=O)N(C)C1CCCCC1. The van der Waals surface area contributed by atoms with E-state index in [4.69, 9.17) is 11.6 Å². The average molecular weight is 275 g/mol. The van der Waals surface area contributed by atoms with Gasteiger partial charge in [-0.3, -0.25) is 9.59 Å². The maximum absolute atomic E-state index is 12.1. The number of nitrogens with zero attached hydrogens (tertiary/aromatic N) is 2. The van der Waals surface area contributed by atoms with Crippen LogP contribution in [0, 0.1) is 0 Å². The first kappa shape index (κ1) is 15.3. The van der Waals surface area contributed by atoms with Crippen LogP contribution < -0.4 is 0 Å². The van der Waals surface area contributed by atoms with Crippen molar-refractivity contribution >= 4 is 23.4 Å². The van der Waals surface area contributed by atoms with Crippen molar-refractivity contribution in [3.05, 3.63) is 0 Å². The minimum Gasteiger partial charge on any atom is -0.341 e. The fourth-order valence-electron chi connectivity index (χ4n) is 2.37. The first-order chi connectivity index (χ1) is 8.43. The van der Waals surface area contributed by atoms with Crippen molar-refractivity contribution < 1.29 is 9.59 Å². The quantitative estimate of drug-likeness (QED) is 0.735. The molecule has 1 aliphatic carbocycles. The summed E-state index contributed by atoms with van der Waals surface area (Å²) in [6.07, 6.45) is 5.80. The van der Waals surface area contributed by atoms with E-state index in [-0.39, 0.29) is 18.4 Å². The summed E-state index contributed by atoms with van der Waals surface area (Å²) in [7, 11) is 3.45. The number of halogens is 1. The molecule has 1 fully saturated rings. The molecular weight excluding hydrogens is 252 g/mol. The molecule has 0 N–H and O–H groups in total. The van der Waals surface area contributed by atoms with Gasteiger partial charge in [0.25, 0.3) is 0 Å². The molecule has 0 aromatic rings. The standard InChI is InChI=1S/C13H23ClN2O2/c1-10(14)13(18)15(2)9-12(17)16(3)11-7-5-4-6-8-11/h10-11H,4-9H2,1-3H3. The Hall–Kier alpha value is -0.770. The van der Waals surface area contributed by atoms with Gasteiger partial charge >= 0.3 is 0 Å². The molecule has 1 rings (SSSR count). The topological polar surface area (TPSA) is 40.6 Å². The summed E-state index contributed by atoms with van der Waals surface area (Å²) in [6, 6.07) is 0.336. The van der Waals surface area contributed by atoms with Crippen LogP contribution in [0.15, 0.2) is 0 Å². The highest BCUT2D eigenvalue weighted by Gasteiger charge is 2.24. The van der Waals surface area contributed by atoms with E-state index < -0.39 is 5.38 Å². The van der Waals surface area contributed by atoms with Crippen molar-refractivity contribution in [1.29, 1.82) is 0 Å². The van der Waals surface area contributed by atoms with E-state index >= 15 is 0 Å². The molecule has 1 saturated carbocycles. The molecule has 0 spiro atoms. The van der Waals surface area contributed by atoms with Crippen LogP contribution in [0.3, 0.4) is 0 Å². The largest absolute Gasteiger partial charge is 0.341 e. The van der Waals surface area contributed by atoms with Crippen LogP contribution in [0.5, 0.6) is 0 Å². The zero-order valence-corrected chi connectivity index (χ0v) is 12.2. The Bertz CT molecular complexity index is 301. The highest BCUT2D eigenvalue weighted by Crippen LogP contribution is 2.21. The molecule has 0 heterocycles. The molecule has 0 radical (unpaired) electrons. The third-order valence-corrected chi connectivity index (χ3v) is 3.79. The van der Waals surface area contributed by atoms with Crippen LogP contribution in [0.2, 0.25) is 0 Å². The Morgan fingerprint density at radius 3 is 2.28 bits per heavy atom. The van der Waals surface area contributed by atoms with Crippen LogP contribution in [-0.2, 0) is 9.59 Å². The molecule has 18 heavy (non-hydrogen) atoms. The van der Waals surface area contributed by atoms with Crippen molar-refractivity contribution in [2.24, 2.45) is 0 Å². The molecule has 0 bridgehead atoms. The Labute approximate surface area is 114 Å². The van der Waals surface area contributed by atoms with Gasteiger partial charge in [-0.2, -0.15) is 0 Å². The monoisotopic (exact) mass is 274 g/mol. The minimum absolute atomic E-state index is 0.00457. The van der Waals surface area contributed by atoms with Crippen molar-refractivity contribution in [2.75, 3.05) is 20.6 Å². The second-order valence-corrected chi connectivity index (χ2v) is 5.76. The van der Waals surface area contributed by atoms with Crippen LogP contribution in [0.4, 0.5) is 0 Å². The van der Waals surface area contributed by atoms with E-state index in [2.05, 4.69) is 0 Å². The maximum Gasteiger partial charge on any atom is 0.242 e. The van der Waals surface area contributed by atoms with E-state index in [0.717, 1.165) is 12.8 Å². The molecule has 1 aliphatic rings. The first-order valence-electron chi connectivity index (χ1n) is 6.58. The van der Waals surface area contributed by atoms with E-state index in [0.29, 0.717) is 6.04 Å². The first-order valence-corrected chi connectivity index (χ1v) is 7.02. The summed E-state index contributed by atoms with van der Waals surface area (Å²) in [4.78, 5) is 26.9. The lowest BCUT2D eigenvalue weighted by molar-refractivity contribution is -0.139. The molecule has 0 aliphatic heterocycles. The summed E-state index contributed by atoms with van der Waals surface area (Å²) in [5.74, 6) is -0.211. The van der Waals surface area contributed by atoms with E-state index in [1.807, 2.05) is 7.05 Å². The second-order valence-electron chi connectivity index (χ2n) is 5.11. The summed E-state index contributed by atoms with van der Waals surface area (Å²) in [5.41, 5.74) is 0. The predicted molar refractivity (Wildman–Crippen MR) is 72.6 cm³/mol. The Balaban J connectivity index is 2.46. The fraction of sp³-hybridized carbons (Fsp3) is 0.846. The Morgan fingerprint density at radius 2 is 1.78 bits per heavy atom. The minimum atomic E-state index is -0.581. The summed E-state index contributed by atoms with van der Waals surface area (Å²) >= 11 is 5.72.